The van der Waals surface area contributed by atoms with Crippen LogP contribution < -0.4 is 5.32 Å². The van der Waals surface area contributed by atoms with E-state index in [-0.39, 0.29) is 18.4 Å². The van der Waals surface area contributed by atoms with Crippen LogP contribution in [-0.4, -0.2) is 40.1 Å². The molecular formula is C11H15N3O3S. The highest BCUT2D eigenvalue weighted by atomic mass is 32.1. The quantitative estimate of drug-likeness (QED) is 0.876. The molecule has 2 heterocycles. The van der Waals surface area contributed by atoms with Gasteiger partial charge < -0.3 is 10.0 Å². The van der Waals surface area contributed by atoms with Gasteiger partial charge in [0.25, 0.3) is 0 Å². The topological polar surface area (TPSA) is 82.5 Å². The van der Waals surface area contributed by atoms with Crippen molar-refractivity contribution >= 4 is 28.5 Å². The number of hydrogen-bond donors (Lipinski definition) is 2. The third-order valence-electron chi connectivity index (χ3n) is 2.87. The largest absolute Gasteiger partial charge is 0.481 e. The van der Waals surface area contributed by atoms with Gasteiger partial charge in [0.2, 0.25) is 0 Å². The van der Waals surface area contributed by atoms with Crippen molar-refractivity contribution in [3.8, 4) is 0 Å². The Morgan fingerprint density at radius 1 is 1.67 bits per heavy atom. The third-order valence-corrected chi connectivity index (χ3v) is 3.70. The van der Waals surface area contributed by atoms with Crippen molar-refractivity contribution in [1.29, 1.82) is 0 Å². The minimum Gasteiger partial charge on any atom is -0.481 e. The minimum atomic E-state index is -0.808. The van der Waals surface area contributed by atoms with E-state index in [1.54, 1.807) is 11.1 Å². The normalized spacial score (nSPS) is 18.9. The number of carbonyl (C=O) groups excluding carboxylic acids is 1. The van der Waals surface area contributed by atoms with E-state index >= 15 is 0 Å². The van der Waals surface area contributed by atoms with Gasteiger partial charge in [0.05, 0.1) is 0 Å². The van der Waals surface area contributed by atoms with Crippen molar-refractivity contribution in [2.75, 3.05) is 18.4 Å². The monoisotopic (exact) mass is 269 g/mol. The van der Waals surface area contributed by atoms with E-state index in [1.807, 2.05) is 6.92 Å². The van der Waals surface area contributed by atoms with Crippen molar-refractivity contribution in [3.63, 3.8) is 0 Å². The molecule has 1 aliphatic rings. The highest BCUT2D eigenvalue weighted by molar-refractivity contribution is 7.15. The minimum absolute atomic E-state index is 0.0614. The van der Waals surface area contributed by atoms with Crippen LogP contribution in [0.5, 0.6) is 0 Å². The predicted molar refractivity (Wildman–Crippen MR) is 67.8 cm³/mol. The summed E-state index contributed by atoms with van der Waals surface area (Å²) in [5.41, 5.74) is 0. The first-order chi connectivity index (χ1) is 8.54. The SMILES string of the molecule is Cc1cnc(NC(=O)N2CCC(CC(=O)O)C2)s1. The molecule has 6 nitrogen and oxygen atoms in total. The molecule has 1 unspecified atom stereocenters. The van der Waals surface area contributed by atoms with Gasteiger partial charge in [-0.15, -0.1) is 11.3 Å². The summed E-state index contributed by atoms with van der Waals surface area (Å²) in [6, 6.07) is -0.197. The molecule has 0 aliphatic carbocycles. The zero-order valence-corrected chi connectivity index (χ0v) is 10.9. The highest BCUT2D eigenvalue weighted by Gasteiger charge is 2.28. The zero-order chi connectivity index (χ0) is 13.1. The number of aromatic nitrogens is 1. The lowest BCUT2D eigenvalue weighted by Crippen LogP contribution is -2.33. The number of hydrogen-bond acceptors (Lipinski definition) is 4. The molecule has 0 aromatic carbocycles. The number of carboxylic acid groups (broad SMARTS) is 1. The van der Waals surface area contributed by atoms with Crippen molar-refractivity contribution in [3.05, 3.63) is 11.1 Å². The summed E-state index contributed by atoms with van der Waals surface area (Å²) < 4.78 is 0. The van der Waals surface area contributed by atoms with Crippen LogP contribution in [0.1, 0.15) is 17.7 Å². The van der Waals surface area contributed by atoms with E-state index < -0.39 is 5.97 Å². The van der Waals surface area contributed by atoms with Gasteiger partial charge >= 0.3 is 12.0 Å². The number of urea groups is 1. The number of nitrogens with one attached hydrogen (secondary N) is 1. The molecule has 98 valence electrons. The third kappa shape index (κ3) is 3.19. The van der Waals surface area contributed by atoms with E-state index in [0.29, 0.717) is 18.2 Å². The molecule has 1 atom stereocenters. The van der Waals surface area contributed by atoms with Crippen LogP contribution in [0, 0.1) is 12.8 Å². The Labute approximate surface area is 109 Å². The molecule has 0 bridgehead atoms. The maximum Gasteiger partial charge on any atom is 0.323 e. The molecule has 1 aromatic rings. The number of thiazole rings is 1. The average Bonchev–Trinajstić information content (AvgIpc) is 2.87. The Bertz CT molecular complexity index is 460. The van der Waals surface area contributed by atoms with Gasteiger partial charge in [-0.05, 0) is 19.3 Å². The summed E-state index contributed by atoms with van der Waals surface area (Å²) >= 11 is 1.42. The van der Waals surface area contributed by atoms with Gasteiger partial charge in [0, 0.05) is 30.6 Å². The number of aliphatic carboxylic acids is 1. The molecule has 1 aromatic heterocycles. The Balaban J connectivity index is 1.85. The average molecular weight is 269 g/mol. The number of anilines is 1. The molecule has 1 aliphatic heterocycles. The van der Waals surface area contributed by atoms with Gasteiger partial charge in [-0.25, -0.2) is 9.78 Å². The molecule has 18 heavy (non-hydrogen) atoms. The molecule has 2 amide bonds. The number of aryl methyl sites for hydroxylation is 1. The van der Waals surface area contributed by atoms with E-state index in [2.05, 4.69) is 10.3 Å². The van der Waals surface area contributed by atoms with Gasteiger partial charge in [-0.3, -0.25) is 10.1 Å². The summed E-state index contributed by atoms with van der Waals surface area (Å²) in [4.78, 5) is 29.2. The standard InChI is InChI=1S/C11H15N3O3S/c1-7-5-12-10(18-7)13-11(17)14-3-2-8(6-14)4-9(15)16/h5,8H,2-4,6H2,1H3,(H,15,16)(H,12,13,17). The predicted octanol–water partition coefficient (Wildman–Crippen LogP) is 1.78. The van der Waals surface area contributed by atoms with Crippen LogP contribution >= 0.6 is 11.3 Å². The fourth-order valence-corrected chi connectivity index (χ4v) is 2.67. The van der Waals surface area contributed by atoms with Crippen LogP contribution in [0.4, 0.5) is 9.93 Å². The number of carbonyl (C=O) groups is 2. The summed E-state index contributed by atoms with van der Waals surface area (Å²) in [5.74, 6) is -0.746. The fourth-order valence-electron chi connectivity index (χ4n) is 2.01. The second-order valence-electron chi connectivity index (χ2n) is 4.40. The first-order valence-corrected chi connectivity index (χ1v) is 6.56. The van der Waals surface area contributed by atoms with E-state index in [0.717, 1.165) is 11.3 Å². The number of carboxylic acids is 1. The number of likely N-dealkylation sites (tertiary alicyclic amines) is 1. The van der Waals surface area contributed by atoms with Crippen LogP contribution in [0.25, 0.3) is 0 Å². The lowest BCUT2D eigenvalue weighted by atomic mass is 10.1. The molecule has 0 spiro atoms. The molecule has 2 rings (SSSR count). The summed E-state index contributed by atoms with van der Waals surface area (Å²) in [5, 5.41) is 12.0. The summed E-state index contributed by atoms with van der Waals surface area (Å²) in [6.07, 6.45) is 2.58. The lowest BCUT2D eigenvalue weighted by molar-refractivity contribution is -0.138. The maximum absolute atomic E-state index is 11.9. The second kappa shape index (κ2) is 5.34. The molecular weight excluding hydrogens is 254 g/mol. The van der Waals surface area contributed by atoms with Crippen molar-refractivity contribution < 1.29 is 14.7 Å². The molecule has 0 saturated carbocycles. The second-order valence-corrected chi connectivity index (χ2v) is 5.64. The number of amides is 2. The smallest absolute Gasteiger partial charge is 0.323 e. The van der Waals surface area contributed by atoms with Crippen LogP contribution in [-0.2, 0) is 4.79 Å². The number of nitrogens with zero attached hydrogens (tertiary/aromatic N) is 2. The first-order valence-electron chi connectivity index (χ1n) is 5.74. The van der Waals surface area contributed by atoms with Gasteiger partial charge in [-0.1, -0.05) is 0 Å². The van der Waals surface area contributed by atoms with Crippen LogP contribution in [0.2, 0.25) is 0 Å². The number of rotatable bonds is 3. The lowest BCUT2D eigenvalue weighted by Gasteiger charge is -2.15. The van der Waals surface area contributed by atoms with Crippen molar-refractivity contribution in [2.24, 2.45) is 5.92 Å². The molecule has 0 radical (unpaired) electrons. The first kappa shape index (κ1) is 12.8. The van der Waals surface area contributed by atoms with Crippen LogP contribution in [0.3, 0.4) is 0 Å². The van der Waals surface area contributed by atoms with Crippen molar-refractivity contribution in [1.82, 2.24) is 9.88 Å². The Kier molecular flexibility index (Phi) is 3.81. The summed E-state index contributed by atoms with van der Waals surface area (Å²) in [7, 11) is 0. The Morgan fingerprint density at radius 2 is 2.44 bits per heavy atom. The van der Waals surface area contributed by atoms with Gasteiger partial charge in [-0.2, -0.15) is 0 Å². The Morgan fingerprint density at radius 3 is 3.06 bits per heavy atom. The maximum atomic E-state index is 11.9. The van der Waals surface area contributed by atoms with E-state index in [9.17, 15) is 9.59 Å². The van der Waals surface area contributed by atoms with E-state index in [1.165, 1.54) is 11.3 Å². The van der Waals surface area contributed by atoms with Gasteiger partial charge in [0.1, 0.15) is 0 Å². The van der Waals surface area contributed by atoms with Crippen LogP contribution in [0.15, 0.2) is 6.20 Å². The molecule has 1 saturated heterocycles. The molecule has 7 heteroatoms. The van der Waals surface area contributed by atoms with Gasteiger partial charge in [0.15, 0.2) is 5.13 Å². The van der Waals surface area contributed by atoms with Crippen molar-refractivity contribution in [2.45, 2.75) is 19.8 Å². The van der Waals surface area contributed by atoms with E-state index in [4.69, 9.17) is 5.11 Å². The highest BCUT2D eigenvalue weighted by Crippen LogP contribution is 2.22. The zero-order valence-electron chi connectivity index (χ0n) is 10.0. The molecule has 2 N–H and O–H groups in total. The Hall–Kier alpha value is -1.63. The fraction of sp³-hybridized carbons (Fsp3) is 0.545. The summed E-state index contributed by atoms with van der Waals surface area (Å²) in [6.45, 7) is 3.03. The molecule has 1 fully saturated rings.